The van der Waals surface area contributed by atoms with Gasteiger partial charge in [0.25, 0.3) is 0 Å². The van der Waals surface area contributed by atoms with Gasteiger partial charge in [0.15, 0.2) is 0 Å². The predicted octanol–water partition coefficient (Wildman–Crippen LogP) is -0.187. The summed E-state index contributed by atoms with van der Waals surface area (Å²) in [5.74, 6) is 0.364. The number of ether oxygens (including phenoxy) is 2. The molecule has 0 aromatic carbocycles. The molecule has 0 aromatic heterocycles. The van der Waals surface area contributed by atoms with Gasteiger partial charge in [-0.2, -0.15) is 0 Å². The third-order valence-corrected chi connectivity index (χ3v) is 5.86. The quantitative estimate of drug-likeness (QED) is 0.564. The molecule has 128 valence electrons. The van der Waals surface area contributed by atoms with Gasteiger partial charge in [0.1, 0.15) is 6.10 Å². The minimum Gasteiger partial charge on any atom is -0.390 e. The highest BCUT2D eigenvalue weighted by molar-refractivity contribution is 4.98. The van der Waals surface area contributed by atoms with Crippen LogP contribution in [0.3, 0.4) is 0 Å². The smallest absolute Gasteiger partial charge is 0.106 e. The van der Waals surface area contributed by atoms with Crippen LogP contribution < -0.4 is 0 Å². The van der Waals surface area contributed by atoms with Gasteiger partial charge in [-0.25, -0.2) is 0 Å². The van der Waals surface area contributed by atoms with E-state index in [-0.39, 0.29) is 30.1 Å². The van der Waals surface area contributed by atoms with Crippen molar-refractivity contribution in [1.82, 2.24) is 0 Å². The van der Waals surface area contributed by atoms with Gasteiger partial charge in [-0.1, -0.05) is 0 Å². The van der Waals surface area contributed by atoms with Gasteiger partial charge >= 0.3 is 0 Å². The monoisotopic (exact) mass is 316 g/mol. The van der Waals surface area contributed by atoms with Crippen LogP contribution in [0.1, 0.15) is 38.5 Å². The van der Waals surface area contributed by atoms with Gasteiger partial charge in [0.05, 0.1) is 36.6 Å². The Morgan fingerprint density at radius 2 is 1.59 bits per heavy atom. The Balaban J connectivity index is 1.64. The lowest BCUT2D eigenvalue weighted by molar-refractivity contribution is -0.215. The van der Waals surface area contributed by atoms with Crippen LogP contribution in [0.2, 0.25) is 0 Å². The van der Waals surface area contributed by atoms with Crippen LogP contribution in [0.15, 0.2) is 0 Å². The lowest BCUT2D eigenvalue weighted by atomic mass is 9.73. The van der Waals surface area contributed by atoms with Crippen LogP contribution in [-0.4, -0.2) is 70.3 Å². The van der Waals surface area contributed by atoms with E-state index in [4.69, 9.17) is 9.47 Å². The van der Waals surface area contributed by atoms with Gasteiger partial charge < -0.3 is 29.9 Å². The summed E-state index contributed by atoms with van der Waals surface area (Å²) in [7, 11) is 1.56. The van der Waals surface area contributed by atoms with Crippen LogP contribution in [0.4, 0.5) is 0 Å². The molecule has 1 heterocycles. The maximum absolute atomic E-state index is 10.1. The molecule has 0 bridgehead atoms. The van der Waals surface area contributed by atoms with Crippen molar-refractivity contribution >= 4 is 0 Å². The Morgan fingerprint density at radius 1 is 0.818 bits per heavy atom. The topological polar surface area (TPSA) is 99.4 Å². The summed E-state index contributed by atoms with van der Waals surface area (Å²) >= 11 is 0. The molecule has 6 heteroatoms. The summed E-state index contributed by atoms with van der Waals surface area (Å²) in [6.45, 7) is 0. The first kappa shape index (κ1) is 16.6. The van der Waals surface area contributed by atoms with E-state index in [1.165, 1.54) is 0 Å². The van der Waals surface area contributed by atoms with Crippen LogP contribution >= 0.6 is 0 Å². The number of methoxy groups -OCH3 is 1. The Kier molecular flexibility index (Phi) is 5.07. The zero-order chi connectivity index (χ0) is 15.9. The van der Waals surface area contributed by atoms with E-state index in [0.717, 1.165) is 19.3 Å². The molecule has 1 aliphatic heterocycles. The van der Waals surface area contributed by atoms with Crippen molar-refractivity contribution in [3.05, 3.63) is 0 Å². The summed E-state index contributed by atoms with van der Waals surface area (Å²) in [5.41, 5.74) is 0. The van der Waals surface area contributed by atoms with Gasteiger partial charge in [-0.15, -0.1) is 0 Å². The average Bonchev–Trinajstić information content (AvgIpc) is 2.51. The molecule has 6 nitrogen and oxygen atoms in total. The number of rotatable bonds is 2. The maximum Gasteiger partial charge on any atom is 0.106 e. The third kappa shape index (κ3) is 3.05. The molecule has 4 N–H and O–H groups in total. The van der Waals surface area contributed by atoms with Crippen molar-refractivity contribution in [2.75, 3.05) is 7.11 Å². The van der Waals surface area contributed by atoms with E-state index in [0.29, 0.717) is 19.3 Å². The molecule has 9 unspecified atom stereocenters. The zero-order valence-electron chi connectivity index (χ0n) is 13.0. The molecule has 2 aliphatic carbocycles. The van der Waals surface area contributed by atoms with Crippen molar-refractivity contribution in [2.45, 2.75) is 81.3 Å². The minimum atomic E-state index is -0.849. The minimum absolute atomic E-state index is 0.0587. The highest BCUT2D eigenvalue weighted by atomic mass is 16.5. The highest BCUT2D eigenvalue weighted by Crippen LogP contribution is 2.41. The summed E-state index contributed by atoms with van der Waals surface area (Å²) < 4.78 is 11.6. The lowest BCUT2D eigenvalue weighted by Gasteiger charge is -2.49. The number of aliphatic hydroxyl groups is 4. The second-order valence-electron chi connectivity index (χ2n) is 7.16. The summed E-state index contributed by atoms with van der Waals surface area (Å²) in [5, 5.41) is 39.6. The fraction of sp³-hybridized carbons (Fsp3) is 1.00. The van der Waals surface area contributed by atoms with Gasteiger partial charge in [-0.05, 0) is 38.0 Å². The van der Waals surface area contributed by atoms with E-state index >= 15 is 0 Å². The summed E-state index contributed by atoms with van der Waals surface area (Å²) in [6, 6.07) is 0. The second kappa shape index (κ2) is 6.71. The van der Waals surface area contributed by atoms with E-state index in [1.807, 2.05) is 0 Å². The van der Waals surface area contributed by atoms with Crippen LogP contribution in [0, 0.1) is 11.8 Å². The molecule has 9 atom stereocenters. The summed E-state index contributed by atoms with van der Waals surface area (Å²) in [4.78, 5) is 0. The van der Waals surface area contributed by atoms with Crippen molar-refractivity contribution < 1.29 is 29.9 Å². The van der Waals surface area contributed by atoms with Crippen LogP contribution in [0.25, 0.3) is 0 Å². The molecule has 3 rings (SSSR count). The first-order valence-corrected chi connectivity index (χ1v) is 8.41. The Hall–Kier alpha value is -0.240. The SMILES string of the molecule is COC1C(O)C(O)CC2OC(C3CCC(O)C(O)C3)CCC21. The number of aliphatic hydroxyl groups excluding tert-OH is 4. The average molecular weight is 316 g/mol. The fourth-order valence-corrected chi connectivity index (χ4v) is 4.55. The van der Waals surface area contributed by atoms with Crippen molar-refractivity contribution in [1.29, 1.82) is 0 Å². The number of hydrogen-bond donors (Lipinski definition) is 4. The standard InChI is InChI=1S/C16H28O6/c1-21-16-9-3-5-13(8-2-4-10(17)11(18)6-8)22-14(9)7-12(19)15(16)20/h8-20H,2-7H2,1H3. The fourth-order valence-electron chi connectivity index (χ4n) is 4.55. The van der Waals surface area contributed by atoms with Crippen molar-refractivity contribution in [3.8, 4) is 0 Å². The Labute approximate surface area is 131 Å². The van der Waals surface area contributed by atoms with Crippen molar-refractivity contribution in [2.24, 2.45) is 11.8 Å². The second-order valence-corrected chi connectivity index (χ2v) is 7.16. The molecule has 1 saturated heterocycles. The molecule has 0 radical (unpaired) electrons. The predicted molar refractivity (Wildman–Crippen MR) is 78.2 cm³/mol. The van der Waals surface area contributed by atoms with E-state index in [2.05, 4.69) is 0 Å². The number of fused-ring (bicyclic) bond motifs is 1. The third-order valence-electron chi connectivity index (χ3n) is 5.86. The summed E-state index contributed by atoms with van der Waals surface area (Å²) in [6.07, 6.45) is 0.875. The first-order chi connectivity index (χ1) is 10.5. The van der Waals surface area contributed by atoms with Crippen LogP contribution in [0.5, 0.6) is 0 Å². The maximum atomic E-state index is 10.1. The molecular weight excluding hydrogens is 288 g/mol. The highest BCUT2D eigenvalue weighted by Gasteiger charge is 2.48. The Bertz CT molecular complexity index is 378. The molecule has 22 heavy (non-hydrogen) atoms. The largest absolute Gasteiger partial charge is 0.390 e. The van der Waals surface area contributed by atoms with Gasteiger partial charge in [0.2, 0.25) is 0 Å². The Morgan fingerprint density at radius 3 is 2.27 bits per heavy atom. The molecule has 0 amide bonds. The molecule has 3 aliphatic rings. The van der Waals surface area contributed by atoms with Gasteiger partial charge in [0, 0.05) is 19.4 Å². The molecule has 3 fully saturated rings. The van der Waals surface area contributed by atoms with Crippen LogP contribution in [-0.2, 0) is 9.47 Å². The molecule has 0 aromatic rings. The zero-order valence-corrected chi connectivity index (χ0v) is 13.0. The molecule has 0 spiro atoms. The van der Waals surface area contributed by atoms with Gasteiger partial charge in [-0.3, -0.25) is 0 Å². The normalized spacial score (nSPS) is 53.0. The van der Waals surface area contributed by atoms with Crippen molar-refractivity contribution in [3.63, 3.8) is 0 Å². The molecule has 2 saturated carbocycles. The molecular formula is C16H28O6. The number of hydrogen-bond acceptors (Lipinski definition) is 6. The van der Waals surface area contributed by atoms with E-state index < -0.39 is 24.4 Å². The van der Waals surface area contributed by atoms with E-state index in [1.54, 1.807) is 7.11 Å². The van der Waals surface area contributed by atoms with E-state index in [9.17, 15) is 20.4 Å². The first-order valence-electron chi connectivity index (χ1n) is 8.41. The lowest BCUT2D eigenvalue weighted by Crippen LogP contribution is -2.57.